The molecule has 1 fully saturated rings. The molecule has 0 saturated carbocycles. The molecule has 3 rings (SSSR count). The Balaban J connectivity index is 1.42. The zero-order chi connectivity index (χ0) is 16.8. The van der Waals surface area contributed by atoms with Gasteiger partial charge >= 0.3 is 6.03 Å². The molecule has 0 aliphatic carbocycles. The number of nitrogens with one attached hydrogen (secondary N) is 2. The van der Waals surface area contributed by atoms with Crippen molar-refractivity contribution in [3.63, 3.8) is 0 Å². The lowest BCUT2D eigenvalue weighted by atomic mass is 10.0. The maximum Gasteiger partial charge on any atom is 0.319 e. The summed E-state index contributed by atoms with van der Waals surface area (Å²) in [5.74, 6) is -0.359. The van der Waals surface area contributed by atoms with Crippen LogP contribution in [0.1, 0.15) is 18.4 Å². The number of nitrogens with zero attached hydrogens (tertiary/aromatic N) is 1. The van der Waals surface area contributed by atoms with E-state index in [0.29, 0.717) is 5.69 Å². The van der Waals surface area contributed by atoms with E-state index < -0.39 is 0 Å². The Kier molecular flexibility index (Phi) is 5.43. The maximum atomic E-state index is 13.1. The number of halogens is 1. The molecule has 2 aromatic rings. The second kappa shape index (κ2) is 7.93. The van der Waals surface area contributed by atoms with Crippen molar-refractivity contribution in [2.75, 3.05) is 18.4 Å². The number of piperidine rings is 1. The molecule has 0 unspecified atom stereocenters. The summed E-state index contributed by atoms with van der Waals surface area (Å²) in [6.07, 6.45) is 1.84. The van der Waals surface area contributed by atoms with Crippen LogP contribution >= 0.6 is 0 Å². The Morgan fingerprint density at radius 2 is 1.83 bits per heavy atom. The predicted molar refractivity (Wildman–Crippen MR) is 93.3 cm³/mol. The van der Waals surface area contributed by atoms with Crippen LogP contribution < -0.4 is 10.6 Å². The highest BCUT2D eigenvalue weighted by molar-refractivity contribution is 5.89. The molecule has 1 saturated heterocycles. The first kappa shape index (κ1) is 16.5. The molecule has 0 radical (unpaired) electrons. The van der Waals surface area contributed by atoms with E-state index in [9.17, 15) is 9.18 Å². The summed E-state index contributed by atoms with van der Waals surface area (Å²) in [5.41, 5.74) is 1.78. The van der Waals surface area contributed by atoms with Gasteiger partial charge in [0, 0.05) is 31.4 Å². The zero-order valence-corrected chi connectivity index (χ0v) is 13.5. The highest BCUT2D eigenvalue weighted by Crippen LogP contribution is 2.14. The summed E-state index contributed by atoms with van der Waals surface area (Å²) in [7, 11) is 0. The van der Waals surface area contributed by atoms with E-state index in [2.05, 4.69) is 39.8 Å². The molecule has 4 nitrogen and oxygen atoms in total. The lowest BCUT2D eigenvalue weighted by Gasteiger charge is -2.32. The Morgan fingerprint density at radius 3 is 2.54 bits per heavy atom. The Labute approximate surface area is 141 Å². The van der Waals surface area contributed by atoms with Gasteiger partial charge in [-0.15, -0.1) is 0 Å². The topological polar surface area (TPSA) is 44.4 Å². The minimum absolute atomic E-state index is 0.158. The number of amides is 2. The van der Waals surface area contributed by atoms with Gasteiger partial charge in [-0.3, -0.25) is 4.90 Å². The smallest absolute Gasteiger partial charge is 0.319 e. The quantitative estimate of drug-likeness (QED) is 0.901. The zero-order valence-electron chi connectivity index (χ0n) is 13.5. The average molecular weight is 327 g/mol. The number of anilines is 1. The van der Waals surface area contributed by atoms with Crippen LogP contribution in [0.15, 0.2) is 54.6 Å². The van der Waals surface area contributed by atoms with Crippen molar-refractivity contribution >= 4 is 11.7 Å². The number of hydrogen-bond donors (Lipinski definition) is 2. The van der Waals surface area contributed by atoms with Crippen LogP contribution in [0.3, 0.4) is 0 Å². The molecular weight excluding hydrogens is 305 g/mol. The van der Waals surface area contributed by atoms with Crippen LogP contribution in [-0.4, -0.2) is 30.1 Å². The lowest BCUT2D eigenvalue weighted by Crippen LogP contribution is -2.45. The van der Waals surface area contributed by atoms with E-state index in [1.54, 1.807) is 12.1 Å². The highest BCUT2D eigenvalue weighted by atomic mass is 19.1. The summed E-state index contributed by atoms with van der Waals surface area (Å²) in [5, 5.41) is 5.65. The van der Waals surface area contributed by atoms with Gasteiger partial charge in [-0.2, -0.15) is 0 Å². The van der Waals surface area contributed by atoms with Crippen LogP contribution in [-0.2, 0) is 6.54 Å². The number of benzene rings is 2. The molecule has 0 atom stereocenters. The summed E-state index contributed by atoms with van der Waals surface area (Å²) in [6.45, 7) is 2.86. The average Bonchev–Trinajstić information content (AvgIpc) is 2.57. The van der Waals surface area contributed by atoms with Crippen molar-refractivity contribution in [3.05, 3.63) is 66.0 Å². The largest absolute Gasteiger partial charge is 0.335 e. The summed E-state index contributed by atoms with van der Waals surface area (Å²) >= 11 is 0. The van der Waals surface area contributed by atoms with Gasteiger partial charge in [0.1, 0.15) is 5.82 Å². The van der Waals surface area contributed by atoms with Gasteiger partial charge in [-0.05, 0) is 36.6 Å². The summed E-state index contributed by atoms with van der Waals surface area (Å²) in [6, 6.07) is 16.2. The third kappa shape index (κ3) is 4.80. The Hall–Kier alpha value is -2.40. The molecule has 24 heavy (non-hydrogen) atoms. The molecule has 2 amide bonds. The third-order valence-electron chi connectivity index (χ3n) is 4.25. The van der Waals surface area contributed by atoms with Gasteiger partial charge in [0.2, 0.25) is 0 Å². The Morgan fingerprint density at radius 1 is 1.08 bits per heavy atom. The number of urea groups is 1. The first-order valence-corrected chi connectivity index (χ1v) is 8.28. The Bertz CT molecular complexity index is 669. The number of rotatable bonds is 4. The second-order valence-corrected chi connectivity index (χ2v) is 6.14. The third-order valence-corrected chi connectivity index (χ3v) is 4.25. The number of hydrogen-bond acceptors (Lipinski definition) is 2. The van der Waals surface area contributed by atoms with Crippen LogP contribution in [0.4, 0.5) is 14.9 Å². The van der Waals surface area contributed by atoms with Gasteiger partial charge < -0.3 is 10.6 Å². The fourth-order valence-corrected chi connectivity index (χ4v) is 3.00. The molecule has 0 aromatic heterocycles. The van der Waals surface area contributed by atoms with Crippen molar-refractivity contribution in [2.24, 2.45) is 0 Å². The van der Waals surface area contributed by atoms with Crippen molar-refractivity contribution in [2.45, 2.75) is 25.4 Å². The minimum atomic E-state index is -0.359. The van der Waals surface area contributed by atoms with Gasteiger partial charge in [-0.1, -0.05) is 36.4 Å². The molecule has 1 heterocycles. The van der Waals surface area contributed by atoms with Crippen molar-refractivity contribution in [1.82, 2.24) is 10.2 Å². The van der Waals surface area contributed by atoms with Crippen LogP contribution in [0.5, 0.6) is 0 Å². The fraction of sp³-hybridized carbons (Fsp3) is 0.316. The van der Waals surface area contributed by atoms with Gasteiger partial charge in [0.15, 0.2) is 0 Å². The molecule has 2 N–H and O–H groups in total. The van der Waals surface area contributed by atoms with Gasteiger partial charge in [-0.25, -0.2) is 9.18 Å². The van der Waals surface area contributed by atoms with Crippen LogP contribution in [0.2, 0.25) is 0 Å². The summed E-state index contributed by atoms with van der Waals surface area (Å²) in [4.78, 5) is 14.4. The van der Waals surface area contributed by atoms with E-state index in [-0.39, 0.29) is 17.9 Å². The van der Waals surface area contributed by atoms with Crippen molar-refractivity contribution in [1.29, 1.82) is 0 Å². The van der Waals surface area contributed by atoms with E-state index >= 15 is 0 Å². The standard InChI is InChI=1S/C19H22FN3O/c20-16-7-4-8-18(13-16)22-19(24)21-17-9-11-23(12-10-17)14-15-5-2-1-3-6-15/h1-8,13,17H,9-12,14H2,(H2,21,22,24). The molecule has 126 valence electrons. The molecule has 1 aliphatic heterocycles. The normalized spacial score (nSPS) is 15.9. The summed E-state index contributed by atoms with van der Waals surface area (Å²) < 4.78 is 13.1. The molecule has 0 bridgehead atoms. The van der Waals surface area contributed by atoms with E-state index in [0.717, 1.165) is 32.5 Å². The van der Waals surface area contributed by atoms with E-state index in [4.69, 9.17) is 0 Å². The van der Waals surface area contributed by atoms with Crippen molar-refractivity contribution in [3.8, 4) is 0 Å². The van der Waals surface area contributed by atoms with Gasteiger partial charge in [0.25, 0.3) is 0 Å². The number of carbonyl (C=O) groups excluding carboxylic acids is 1. The fourth-order valence-electron chi connectivity index (χ4n) is 3.00. The monoisotopic (exact) mass is 327 g/mol. The number of carbonyl (C=O) groups is 1. The molecule has 0 spiro atoms. The SMILES string of the molecule is O=C(Nc1cccc(F)c1)NC1CCN(Cc2ccccc2)CC1. The first-order chi connectivity index (χ1) is 11.7. The van der Waals surface area contributed by atoms with Crippen LogP contribution in [0.25, 0.3) is 0 Å². The predicted octanol–water partition coefficient (Wildman–Crippen LogP) is 3.61. The molecule has 1 aliphatic rings. The molecular formula is C19H22FN3O. The highest BCUT2D eigenvalue weighted by Gasteiger charge is 2.20. The van der Waals surface area contributed by atoms with Gasteiger partial charge in [0.05, 0.1) is 0 Å². The van der Waals surface area contributed by atoms with E-state index in [1.807, 2.05) is 6.07 Å². The maximum absolute atomic E-state index is 13.1. The molecule has 5 heteroatoms. The lowest BCUT2D eigenvalue weighted by molar-refractivity contribution is 0.190. The first-order valence-electron chi connectivity index (χ1n) is 8.28. The minimum Gasteiger partial charge on any atom is -0.335 e. The molecule has 2 aromatic carbocycles. The number of likely N-dealkylation sites (tertiary alicyclic amines) is 1. The van der Waals surface area contributed by atoms with E-state index in [1.165, 1.54) is 17.7 Å². The van der Waals surface area contributed by atoms with Crippen LogP contribution in [0, 0.1) is 5.82 Å². The van der Waals surface area contributed by atoms with Crippen molar-refractivity contribution < 1.29 is 9.18 Å². The second-order valence-electron chi connectivity index (χ2n) is 6.14.